The van der Waals surface area contributed by atoms with Crippen LogP contribution in [-0.2, 0) is 47.8 Å². The van der Waals surface area contributed by atoms with Gasteiger partial charge in [0, 0.05) is 40.3 Å². The van der Waals surface area contributed by atoms with Crippen molar-refractivity contribution < 1.29 is 47.8 Å². The van der Waals surface area contributed by atoms with Crippen molar-refractivity contribution in [2.24, 2.45) is 5.16 Å². The maximum atomic E-state index is 12.9. The van der Waals surface area contributed by atoms with Crippen molar-refractivity contribution in [3.05, 3.63) is 29.3 Å². The Bertz CT molecular complexity index is 1130. The number of carbonyl (C=O) groups is 5. The second-order valence-electron chi connectivity index (χ2n) is 8.65. The SMILES string of the molecule is CC(=O)N[C@@H]1[C@H](O/N=C2\C(=O)N(C)c3ccc(C)cc32)O[C@@H](COC(C)=O)[C@@H](OC(C)=O)[C@H]1OC(C)=O. The average molecular weight is 520 g/mol. The van der Waals surface area contributed by atoms with E-state index in [0.29, 0.717) is 11.3 Å². The lowest BCUT2D eigenvalue weighted by atomic mass is 9.96. The molecular weight excluding hydrogens is 490 g/mol. The van der Waals surface area contributed by atoms with Gasteiger partial charge in [0.1, 0.15) is 18.8 Å². The van der Waals surface area contributed by atoms with E-state index in [1.165, 1.54) is 18.7 Å². The number of amides is 2. The monoisotopic (exact) mass is 519 g/mol. The van der Waals surface area contributed by atoms with Gasteiger partial charge in [-0.3, -0.25) is 24.0 Å². The highest BCUT2D eigenvalue weighted by atomic mass is 16.8. The molecule has 3 rings (SSSR count). The molecule has 0 aromatic heterocycles. The van der Waals surface area contributed by atoms with E-state index in [0.717, 1.165) is 19.4 Å². The second-order valence-corrected chi connectivity index (χ2v) is 8.65. The molecule has 0 saturated carbocycles. The molecule has 0 bridgehead atoms. The van der Waals surface area contributed by atoms with E-state index >= 15 is 0 Å². The third-order valence-corrected chi connectivity index (χ3v) is 5.59. The molecule has 1 saturated heterocycles. The first-order chi connectivity index (χ1) is 17.4. The van der Waals surface area contributed by atoms with E-state index < -0.39 is 67.0 Å². The second kappa shape index (κ2) is 11.4. The molecule has 1 aromatic carbocycles. The number of likely N-dealkylation sites (N-methyl/N-ethyl adjacent to an activating group) is 1. The number of hydrogen-bond acceptors (Lipinski definition) is 11. The number of fused-ring (bicyclic) bond motifs is 1. The third-order valence-electron chi connectivity index (χ3n) is 5.59. The molecule has 1 fully saturated rings. The van der Waals surface area contributed by atoms with E-state index in [1.54, 1.807) is 19.2 Å². The summed E-state index contributed by atoms with van der Waals surface area (Å²) in [5, 5.41) is 6.61. The van der Waals surface area contributed by atoms with Crippen LogP contribution in [0.1, 0.15) is 38.8 Å². The molecule has 13 nitrogen and oxygen atoms in total. The Hall–Kier alpha value is -4.00. The predicted octanol–water partition coefficient (Wildman–Crippen LogP) is 0.348. The largest absolute Gasteiger partial charge is 0.463 e. The molecule has 200 valence electrons. The molecule has 37 heavy (non-hydrogen) atoms. The first kappa shape index (κ1) is 27.6. The molecule has 5 atom stereocenters. The predicted molar refractivity (Wildman–Crippen MR) is 126 cm³/mol. The highest BCUT2D eigenvalue weighted by Crippen LogP contribution is 2.31. The Morgan fingerprint density at radius 2 is 1.68 bits per heavy atom. The quantitative estimate of drug-likeness (QED) is 0.302. The highest BCUT2D eigenvalue weighted by molar-refractivity contribution is 6.54. The summed E-state index contributed by atoms with van der Waals surface area (Å²) in [7, 11) is 1.59. The van der Waals surface area contributed by atoms with Crippen LogP contribution in [0.15, 0.2) is 23.4 Å². The van der Waals surface area contributed by atoms with Gasteiger partial charge in [-0.2, -0.15) is 0 Å². The number of anilines is 1. The summed E-state index contributed by atoms with van der Waals surface area (Å²) in [6.45, 7) is 6.13. The van der Waals surface area contributed by atoms with Gasteiger partial charge in [0.25, 0.3) is 12.2 Å². The lowest BCUT2D eigenvalue weighted by Crippen LogP contribution is -2.66. The summed E-state index contributed by atoms with van der Waals surface area (Å²) in [5.41, 5.74) is 2.04. The summed E-state index contributed by atoms with van der Waals surface area (Å²) in [5.74, 6) is -3.08. The number of hydrogen-bond donors (Lipinski definition) is 1. The van der Waals surface area contributed by atoms with E-state index in [4.69, 9.17) is 23.8 Å². The molecule has 2 heterocycles. The number of nitrogens with zero attached hydrogens (tertiary/aromatic N) is 2. The van der Waals surface area contributed by atoms with Crippen molar-refractivity contribution in [1.82, 2.24) is 5.32 Å². The molecule has 1 N–H and O–H groups in total. The van der Waals surface area contributed by atoms with Crippen molar-refractivity contribution >= 4 is 41.1 Å². The minimum atomic E-state index is -1.43. The Kier molecular flexibility index (Phi) is 8.48. The Balaban J connectivity index is 2.01. The number of benzene rings is 1. The Labute approximate surface area is 213 Å². The number of oxime groups is 1. The fourth-order valence-corrected chi connectivity index (χ4v) is 4.09. The zero-order chi connectivity index (χ0) is 27.4. The van der Waals surface area contributed by atoms with Gasteiger partial charge in [0.2, 0.25) is 5.91 Å². The smallest absolute Gasteiger partial charge is 0.303 e. The Morgan fingerprint density at radius 3 is 2.27 bits per heavy atom. The number of aryl methyl sites for hydroxylation is 1. The fraction of sp³-hybridized carbons (Fsp3) is 0.500. The van der Waals surface area contributed by atoms with E-state index in [-0.39, 0.29) is 5.71 Å². The van der Waals surface area contributed by atoms with Crippen LogP contribution in [0.4, 0.5) is 5.69 Å². The van der Waals surface area contributed by atoms with Crippen molar-refractivity contribution in [2.45, 2.75) is 65.3 Å². The molecule has 1 aromatic rings. The third kappa shape index (κ3) is 6.42. The number of rotatable bonds is 7. The molecule has 2 aliphatic heterocycles. The van der Waals surface area contributed by atoms with E-state index in [9.17, 15) is 24.0 Å². The fourth-order valence-electron chi connectivity index (χ4n) is 4.09. The molecule has 0 unspecified atom stereocenters. The maximum absolute atomic E-state index is 12.9. The van der Waals surface area contributed by atoms with Crippen LogP contribution in [0.3, 0.4) is 0 Å². The van der Waals surface area contributed by atoms with Gasteiger partial charge in [-0.15, -0.1) is 0 Å². The summed E-state index contributed by atoms with van der Waals surface area (Å²) < 4.78 is 21.7. The first-order valence-corrected chi connectivity index (χ1v) is 11.4. The van der Waals surface area contributed by atoms with Gasteiger partial charge < -0.3 is 34.0 Å². The van der Waals surface area contributed by atoms with Gasteiger partial charge in [-0.05, 0) is 19.1 Å². The van der Waals surface area contributed by atoms with Gasteiger partial charge in [0.15, 0.2) is 17.9 Å². The summed E-state index contributed by atoms with van der Waals surface area (Å²) >= 11 is 0. The minimum Gasteiger partial charge on any atom is -0.463 e. The van der Waals surface area contributed by atoms with Crippen molar-refractivity contribution in [3.63, 3.8) is 0 Å². The molecule has 2 aliphatic rings. The Morgan fingerprint density at radius 1 is 1.03 bits per heavy atom. The standard InChI is InChI=1S/C24H29N3O10/c1-11-7-8-17-16(9-11)19(23(32)27(17)6)26-37-24-20(25-12(2)28)22(35-15(5)31)21(34-14(4)30)18(36-24)10-33-13(3)29/h7-9,18,20-22,24H,10H2,1-6H3,(H,25,28)/b26-19-/t18-,20-,21+,22-,24-/m0/s1. The number of esters is 3. The minimum absolute atomic E-state index is 0.00550. The zero-order valence-electron chi connectivity index (χ0n) is 21.3. The molecule has 13 heteroatoms. The van der Waals surface area contributed by atoms with Crippen LogP contribution < -0.4 is 10.2 Å². The van der Waals surface area contributed by atoms with Crippen LogP contribution in [-0.4, -0.2) is 79.7 Å². The van der Waals surface area contributed by atoms with Crippen LogP contribution >= 0.6 is 0 Å². The number of carbonyl (C=O) groups excluding carboxylic acids is 5. The van der Waals surface area contributed by atoms with Crippen molar-refractivity contribution in [1.29, 1.82) is 0 Å². The van der Waals surface area contributed by atoms with Crippen LogP contribution in [0.25, 0.3) is 0 Å². The van der Waals surface area contributed by atoms with Gasteiger partial charge in [-0.1, -0.05) is 16.8 Å². The molecule has 0 aliphatic carbocycles. The van der Waals surface area contributed by atoms with Gasteiger partial charge in [-0.25, -0.2) is 0 Å². The normalized spacial score (nSPS) is 25.8. The zero-order valence-corrected chi connectivity index (χ0v) is 21.3. The molecular formula is C24H29N3O10. The molecule has 0 spiro atoms. The topological polar surface area (TPSA) is 159 Å². The van der Waals surface area contributed by atoms with E-state index in [2.05, 4.69) is 10.5 Å². The summed E-state index contributed by atoms with van der Waals surface area (Å²) in [4.78, 5) is 67.2. The van der Waals surface area contributed by atoms with Crippen molar-refractivity contribution in [3.8, 4) is 0 Å². The van der Waals surface area contributed by atoms with Gasteiger partial charge in [0.05, 0.1) is 5.69 Å². The van der Waals surface area contributed by atoms with Crippen molar-refractivity contribution in [2.75, 3.05) is 18.6 Å². The lowest BCUT2D eigenvalue weighted by Gasteiger charge is -2.43. The average Bonchev–Trinajstić information content (AvgIpc) is 3.02. The lowest BCUT2D eigenvalue weighted by molar-refractivity contribution is -0.278. The maximum Gasteiger partial charge on any atom is 0.303 e. The number of ether oxygens (including phenoxy) is 4. The molecule has 0 radical (unpaired) electrons. The number of nitrogens with one attached hydrogen (secondary N) is 1. The van der Waals surface area contributed by atoms with Crippen LogP contribution in [0.5, 0.6) is 0 Å². The van der Waals surface area contributed by atoms with E-state index in [1.807, 2.05) is 13.0 Å². The van der Waals surface area contributed by atoms with Gasteiger partial charge >= 0.3 is 17.9 Å². The summed E-state index contributed by atoms with van der Waals surface area (Å²) in [6, 6.07) is 4.18. The first-order valence-electron chi connectivity index (χ1n) is 11.4. The van der Waals surface area contributed by atoms with Crippen LogP contribution in [0, 0.1) is 6.92 Å². The summed E-state index contributed by atoms with van der Waals surface area (Å²) in [6.07, 6.45) is -5.17. The highest BCUT2D eigenvalue weighted by Gasteiger charge is 2.52. The molecule has 2 amide bonds. The van der Waals surface area contributed by atoms with Crippen LogP contribution in [0.2, 0.25) is 0 Å².